The zero-order valence-electron chi connectivity index (χ0n) is 9.76. The van der Waals surface area contributed by atoms with E-state index in [9.17, 15) is 13.5 Å². The zero-order chi connectivity index (χ0) is 13.2. The summed E-state index contributed by atoms with van der Waals surface area (Å²) in [6.45, 7) is 0.0370. The molecule has 0 aromatic carbocycles. The van der Waals surface area contributed by atoms with Crippen LogP contribution in [0.3, 0.4) is 0 Å². The summed E-state index contributed by atoms with van der Waals surface area (Å²) in [4.78, 5) is 3.79. The lowest BCUT2D eigenvalue weighted by atomic mass is 10.0. The van der Waals surface area contributed by atoms with Crippen LogP contribution in [0, 0.1) is 0 Å². The summed E-state index contributed by atoms with van der Waals surface area (Å²) in [5, 5.41) is 10.2. The first-order valence-corrected chi connectivity index (χ1v) is 7.61. The van der Waals surface area contributed by atoms with Crippen molar-refractivity contribution in [2.45, 2.75) is 36.2 Å². The molecule has 1 aromatic heterocycles. The molecule has 1 aliphatic carbocycles. The lowest BCUT2D eigenvalue weighted by Gasteiger charge is -2.22. The molecule has 1 aliphatic rings. The van der Waals surface area contributed by atoms with Crippen LogP contribution in [0.4, 0.5) is 0 Å². The first-order chi connectivity index (χ1) is 8.41. The molecule has 0 amide bonds. The Morgan fingerprint density at radius 1 is 1.44 bits per heavy atom. The first-order valence-electron chi connectivity index (χ1n) is 5.75. The molecule has 100 valence electrons. The quantitative estimate of drug-likeness (QED) is 0.820. The third kappa shape index (κ3) is 3.20. The van der Waals surface area contributed by atoms with Gasteiger partial charge in [-0.15, -0.1) is 0 Å². The Bertz CT molecular complexity index is 527. The van der Waals surface area contributed by atoms with E-state index in [-0.39, 0.29) is 16.6 Å². The number of sulfonamides is 1. The number of nitrogens with one attached hydrogen (secondary N) is 1. The molecular weight excluding hydrogens is 276 g/mol. The Labute approximate surface area is 111 Å². The number of pyridine rings is 1. The summed E-state index contributed by atoms with van der Waals surface area (Å²) < 4.78 is 26.4. The molecule has 0 atom stereocenters. The van der Waals surface area contributed by atoms with Crippen LogP contribution < -0.4 is 4.72 Å². The van der Waals surface area contributed by atoms with Crippen LogP contribution in [0.1, 0.15) is 25.7 Å². The van der Waals surface area contributed by atoms with Gasteiger partial charge in [-0.2, -0.15) is 0 Å². The van der Waals surface area contributed by atoms with Gasteiger partial charge in [0.15, 0.2) is 0 Å². The van der Waals surface area contributed by atoms with Gasteiger partial charge < -0.3 is 5.11 Å². The lowest BCUT2D eigenvalue weighted by Crippen LogP contribution is -2.40. The SMILES string of the molecule is O=S(=O)(NCC1(O)CCCC1)c1ccnc(Cl)c1. The number of hydrogen-bond acceptors (Lipinski definition) is 4. The van der Waals surface area contributed by atoms with E-state index >= 15 is 0 Å². The van der Waals surface area contributed by atoms with Crippen molar-refractivity contribution in [2.24, 2.45) is 0 Å². The third-order valence-corrected chi connectivity index (χ3v) is 4.74. The van der Waals surface area contributed by atoms with E-state index in [4.69, 9.17) is 11.6 Å². The summed E-state index contributed by atoms with van der Waals surface area (Å²) in [5.74, 6) is 0. The van der Waals surface area contributed by atoms with Gasteiger partial charge in [0.2, 0.25) is 10.0 Å². The maximum Gasteiger partial charge on any atom is 0.240 e. The second-order valence-electron chi connectivity index (χ2n) is 4.57. The minimum absolute atomic E-state index is 0.0370. The summed E-state index contributed by atoms with van der Waals surface area (Å²) >= 11 is 5.65. The Balaban J connectivity index is 2.08. The van der Waals surface area contributed by atoms with Crippen LogP contribution in [-0.2, 0) is 10.0 Å². The highest BCUT2D eigenvalue weighted by Gasteiger charge is 2.32. The van der Waals surface area contributed by atoms with E-state index in [1.807, 2.05) is 0 Å². The van der Waals surface area contributed by atoms with Crippen molar-refractivity contribution in [3.63, 3.8) is 0 Å². The fourth-order valence-corrected chi connectivity index (χ4v) is 3.45. The fourth-order valence-electron chi connectivity index (χ4n) is 2.07. The highest BCUT2D eigenvalue weighted by atomic mass is 35.5. The number of hydrogen-bond donors (Lipinski definition) is 2. The average Bonchev–Trinajstić information content (AvgIpc) is 2.75. The molecule has 7 heteroatoms. The molecule has 0 spiro atoms. The van der Waals surface area contributed by atoms with Crippen LogP contribution in [-0.4, -0.2) is 30.7 Å². The normalized spacial score (nSPS) is 19.0. The molecule has 2 N–H and O–H groups in total. The van der Waals surface area contributed by atoms with Gasteiger partial charge >= 0.3 is 0 Å². The second kappa shape index (κ2) is 5.13. The summed E-state index contributed by atoms with van der Waals surface area (Å²) in [7, 11) is -3.64. The molecule has 18 heavy (non-hydrogen) atoms. The van der Waals surface area contributed by atoms with Gasteiger partial charge in [-0.3, -0.25) is 0 Å². The van der Waals surface area contributed by atoms with Crippen LogP contribution in [0.2, 0.25) is 5.15 Å². The highest BCUT2D eigenvalue weighted by Crippen LogP contribution is 2.29. The molecule has 1 fully saturated rings. The molecule has 0 saturated heterocycles. The number of rotatable bonds is 4. The minimum atomic E-state index is -3.64. The molecule has 5 nitrogen and oxygen atoms in total. The van der Waals surface area contributed by atoms with Gasteiger partial charge in [-0.25, -0.2) is 18.1 Å². The van der Waals surface area contributed by atoms with Crippen molar-refractivity contribution < 1.29 is 13.5 Å². The Morgan fingerprint density at radius 3 is 2.72 bits per heavy atom. The molecule has 0 aliphatic heterocycles. The highest BCUT2D eigenvalue weighted by molar-refractivity contribution is 7.89. The van der Waals surface area contributed by atoms with Gasteiger partial charge in [-0.05, 0) is 25.0 Å². The summed E-state index contributed by atoms with van der Waals surface area (Å²) in [5.41, 5.74) is -0.913. The van der Waals surface area contributed by atoms with Crippen molar-refractivity contribution in [2.75, 3.05) is 6.54 Å². The van der Waals surface area contributed by atoms with Crippen molar-refractivity contribution in [1.82, 2.24) is 9.71 Å². The lowest BCUT2D eigenvalue weighted by molar-refractivity contribution is 0.0532. The third-order valence-electron chi connectivity index (χ3n) is 3.13. The van der Waals surface area contributed by atoms with E-state index in [0.717, 1.165) is 12.8 Å². The van der Waals surface area contributed by atoms with Crippen LogP contribution in [0.5, 0.6) is 0 Å². The molecular formula is C11H15ClN2O3S. The number of halogens is 1. The van der Waals surface area contributed by atoms with E-state index in [1.165, 1.54) is 18.3 Å². The van der Waals surface area contributed by atoms with Crippen LogP contribution in [0.25, 0.3) is 0 Å². The zero-order valence-corrected chi connectivity index (χ0v) is 11.3. The van der Waals surface area contributed by atoms with Crippen molar-refractivity contribution in [1.29, 1.82) is 0 Å². The minimum Gasteiger partial charge on any atom is -0.389 e. The Hall–Kier alpha value is -0.690. The smallest absolute Gasteiger partial charge is 0.240 e. The Morgan fingerprint density at radius 2 is 2.11 bits per heavy atom. The van der Waals surface area contributed by atoms with E-state index in [1.54, 1.807) is 0 Å². The van der Waals surface area contributed by atoms with Gasteiger partial charge in [0, 0.05) is 12.7 Å². The largest absolute Gasteiger partial charge is 0.389 e. The standard InChI is InChI=1S/C11H15ClN2O3S/c12-10-7-9(3-6-13-10)18(16,17)14-8-11(15)4-1-2-5-11/h3,6-7,14-15H,1-2,4-5,8H2. The van der Waals surface area contributed by atoms with E-state index in [0.29, 0.717) is 12.8 Å². The monoisotopic (exact) mass is 290 g/mol. The fraction of sp³-hybridized carbons (Fsp3) is 0.545. The molecule has 1 heterocycles. The number of aromatic nitrogens is 1. The van der Waals surface area contributed by atoms with E-state index in [2.05, 4.69) is 9.71 Å². The second-order valence-corrected chi connectivity index (χ2v) is 6.72. The molecule has 2 rings (SSSR count). The maximum atomic E-state index is 12.0. The molecule has 0 unspecified atom stereocenters. The van der Waals surface area contributed by atoms with Gasteiger partial charge in [0.25, 0.3) is 0 Å². The average molecular weight is 291 g/mol. The van der Waals surface area contributed by atoms with Crippen LogP contribution >= 0.6 is 11.6 Å². The Kier molecular flexibility index (Phi) is 3.91. The van der Waals surface area contributed by atoms with E-state index < -0.39 is 15.6 Å². The van der Waals surface area contributed by atoms with Gasteiger partial charge in [0.1, 0.15) is 5.15 Å². The molecule has 0 bridgehead atoms. The predicted molar refractivity (Wildman–Crippen MR) is 67.9 cm³/mol. The molecule has 1 aromatic rings. The summed E-state index contributed by atoms with van der Waals surface area (Å²) in [6, 6.07) is 2.65. The predicted octanol–water partition coefficient (Wildman–Crippen LogP) is 1.32. The number of nitrogens with zero attached hydrogens (tertiary/aromatic N) is 1. The topological polar surface area (TPSA) is 79.3 Å². The first kappa shape index (κ1) is 13.7. The van der Waals surface area contributed by atoms with Crippen molar-refractivity contribution in [3.05, 3.63) is 23.5 Å². The number of aliphatic hydroxyl groups is 1. The van der Waals surface area contributed by atoms with Crippen molar-refractivity contribution >= 4 is 21.6 Å². The van der Waals surface area contributed by atoms with Crippen molar-refractivity contribution in [3.8, 4) is 0 Å². The van der Waals surface area contributed by atoms with Gasteiger partial charge in [-0.1, -0.05) is 24.4 Å². The van der Waals surface area contributed by atoms with Gasteiger partial charge in [0.05, 0.1) is 10.5 Å². The van der Waals surface area contributed by atoms with Crippen LogP contribution in [0.15, 0.2) is 23.2 Å². The maximum absolute atomic E-state index is 12.0. The molecule has 1 saturated carbocycles. The molecule has 0 radical (unpaired) electrons. The summed E-state index contributed by atoms with van der Waals surface area (Å²) in [6.07, 6.45) is 4.46.